The molecule has 4 nitrogen and oxygen atoms in total. The maximum Gasteiger partial charge on any atom is 0.240 e. The van der Waals surface area contributed by atoms with Crippen molar-refractivity contribution in [2.75, 3.05) is 6.54 Å². The van der Waals surface area contributed by atoms with Gasteiger partial charge in [-0.2, -0.15) is 0 Å². The molecule has 0 spiro atoms. The van der Waals surface area contributed by atoms with E-state index in [9.17, 15) is 13.5 Å². The van der Waals surface area contributed by atoms with E-state index >= 15 is 0 Å². The lowest BCUT2D eigenvalue weighted by molar-refractivity contribution is 0.0303. The molecule has 0 radical (unpaired) electrons. The van der Waals surface area contributed by atoms with Crippen molar-refractivity contribution in [3.8, 4) is 0 Å². The van der Waals surface area contributed by atoms with Crippen molar-refractivity contribution in [1.82, 2.24) is 4.72 Å². The summed E-state index contributed by atoms with van der Waals surface area (Å²) in [4.78, 5) is 0.245. The minimum absolute atomic E-state index is 0.0985. The van der Waals surface area contributed by atoms with Gasteiger partial charge in [-0.05, 0) is 59.7 Å². The van der Waals surface area contributed by atoms with E-state index in [-0.39, 0.29) is 11.4 Å². The number of nitrogens with one attached hydrogen (secondary N) is 1. The van der Waals surface area contributed by atoms with Gasteiger partial charge in [-0.1, -0.05) is 25.7 Å². The molecule has 0 saturated heterocycles. The van der Waals surface area contributed by atoms with Crippen LogP contribution in [0.1, 0.15) is 38.5 Å². The number of rotatable bonds is 4. The van der Waals surface area contributed by atoms with Gasteiger partial charge in [0.25, 0.3) is 0 Å². The van der Waals surface area contributed by atoms with Crippen LogP contribution in [0.2, 0.25) is 0 Å². The van der Waals surface area contributed by atoms with Crippen molar-refractivity contribution >= 4 is 32.6 Å². The molecule has 0 aromatic heterocycles. The van der Waals surface area contributed by atoms with Crippen LogP contribution in [-0.2, 0) is 10.0 Å². The van der Waals surface area contributed by atoms with Gasteiger partial charge < -0.3 is 5.11 Å². The lowest BCUT2D eigenvalue weighted by Crippen LogP contribution is -2.42. The Labute approximate surface area is 134 Å². The molecule has 0 aliphatic heterocycles. The Morgan fingerprint density at radius 2 is 1.65 bits per heavy atom. The SMILES string of the molecule is O=S(=O)(NCC1(O)CCCCCC1)c1ccc(I)cc1. The summed E-state index contributed by atoms with van der Waals surface area (Å²) in [7, 11) is -3.54. The topological polar surface area (TPSA) is 66.4 Å². The lowest BCUT2D eigenvalue weighted by atomic mass is 9.95. The second kappa shape index (κ2) is 6.72. The monoisotopic (exact) mass is 409 g/mol. The Kier molecular flexibility index (Phi) is 5.44. The Morgan fingerprint density at radius 3 is 2.20 bits per heavy atom. The number of benzene rings is 1. The van der Waals surface area contributed by atoms with Crippen LogP contribution in [0, 0.1) is 3.57 Å². The van der Waals surface area contributed by atoms with Gasteiger partial charge in [0.2, 0.25) is 10.0 Å². The molecule has 1 aromatic carbocycles. The van der Waals surface area contributed by atoms with Gasteiger partial charge in [0, 0.05) is 10.1 Å². The zero-order valence-electron chi connectivity index (χ0n) is 11.3. The second-order valence-corrected chi connectivity index (χ2v) is 8.43. The Balaban J connectivity index is 2.03. The first kappa shape index (κ1) is 16.2. The predicted molar refractivity (Wildman–Crippen MR) is 87.0 cm³/mol. The minimum Gasteiger partial charge on any atom is -0.389 e. The molecule has 20 heavy (non-hydrogen) atoms. The average Bonchev–Trinajstić information content (AvgIpc) is 2.63. The van der Waals surface area contributed by atoms with Gasteiger partial charge in [-0.3, -0.25) is 0 Å². The summed E-state index contributed by atoms with van der Waals surface area (Å²) in [5, 5.41) is 10.5. The van der Waals surface area contributed by atoms with Crippen LogP contribution in [-0.4, -0.2) is 25.7 Å². The van der Waals surface area contributed by atoms with Crippen molar-refractivity contribution in [2.24, 2.45) is 0 Å². The molecular weight excluding hydrogens is 389 g/mol. The highest BCUT2D eigenvalue weighted by molar-refractivity contribution is 14.1. The van der Waals surface area contributed by atoms with Gasteiger partial charge in [0.15, 0.2) is 0 Å². The molecule has 6 heteroatoms. The van der Waals surface area contributed by atoms with Crippen LogP contribution in [0.25, 0.3) is 0 Å². The standard InChI is InChI=1S/C14H20INO3S/c15-12-5-7-13(8-6-12)20(18,19)16-11-14(17)9-3-1-2-4-10-14/h5-8,16-17H,1-4,9-11H2. The van der Waals surface area contributed by atoms with Gasteiger partial charge >= 0.3 is 0 Å². The fourth-order valence-electron chi connectivity index (χ4n) is 2.49. The molecule has 112 valence electrons. The van der Waals surface area contributed by atoms with E-state index in [1.165, 1.54) is 0 Å². The van der Waals surface area contributed by atoms with E-state index in [1.807, 2.05) is 0 Å². The normalized spacial score (nSPS) is 19.5. The van der Waals surface area contributed by atoms with E-state index in [4.69, 9.17) is 0 Å². The van der Waals surface area contributed by atoms with Crippen LogP contribution in [0.3, 0.4) is 0 Å². The van der Waals surface area contributed by atoms with Gasteiger partial charge in [0.05, 0.1) is 10.5 Å². The number of aliphatic hydroxyl groups is 1. The highest BCUT2D eigenvalue weighted by Gasteiger charge is 2.29. The average molecular weight is 409 g/mol. The van der Waals surface area contributed by atoms with E-state index in [0.29, 0.717) is 12.8 Å². The highest BCUT2D eigenvalue weighted by atomic mass is 127. The van der Waals surface area contributed by atoms with Crippen LogP contribution in [0.15, 0.2) is 29.2 Å². The predicted octanol–water partition coefficient (Wildman–Crippen LogP) is 2.65. The molecular formula is C14H20INO3S. The van der Waals surface area contributed by atoms with Crippen molar-refractivity contribution in [3.63, 3.8) is 0 Å². The van der Waals surface area contributed by atoms with Crippen LogP contribution in [0.4, 0.5) is 0 Å². The first-order valence-corrected chi connectivity index (χ1v) is 9.45. The van der Waals surface area contributed by atoms with E-state index < -0.39 is 15.6 Å². The molecule has 1 aromatic rings. The van der Waals surface area contributed by atoms with Crippen LogP contribution in [0.5, 0.6) is 0 Å². The summed E-state index contributed by atoms with van der Waals surface area (Å²) in [5.74, 6) is 0. The quantitative estimate of drug-likeness (QED) is 0.594. The number of halogens is 1. The highest BCUT2D eigenvalue weighted by Crippen LogP contribution is 2.26. The van der Waals surface area contributed by atoms with Gasteiger partial charge in [-0.25, -0.2) is 13.1 Å². The zero-order valence-corrected chi connectivity index (χ0v) is 14.3. The summed E-state index contributed by atoms with van der Waals surface area (Å²) in [6.07, 6.45) is 5.49. The van der Waals surface area contributed by atoms with Crippen molar-refractivity contribution in [1.29, 1.82) is 0 Å². The van der Waals surface area contributed by atoms with E-state index in [1.54, 1.807) is 24.3 Å². The molecule has 1 aliphatic rings. The fraction of sp³-hybridized carbons (Fsp3) is 0.571. The smallest absolute Gasteiger partial charge is 0.240 e. The molecule has 0 atom stereocenters. The molecule has 1 fully saturated rings. The largest absolute Gasteiger partial charge is 0.389 e. The van der Waals surface area contributed by atoms with E-state index in [0.717, 1.165) is 29.3 Å². The fourth-order valence-corrected chi connectivity index (χ4v) is 3.97. The molecule has 1 aliphatic carbocycles. The van der Waals surface area contributed by atoms with Crippen LogP contribution < -0.4 is 4.72 Å². The maximum atomic E-state index is 12.2. The Hall–Kier alpha value is -0.180. The third kappa shape index (κ3) is 4.41. The number of hydrogen-bond donors (Lipinski definition) is 2. The summed E-state index contributed by atoms with van der Waals surface area (Å²) < 4.78 is 27.9. The van der Waals surface area contributed by atoms with E-state index in [2.05, 4.69) is 27.3 Å². The van der Waals surface area contributed by atoms with Crippen molar-refractivity contribution < 1.29 is 13.5 Å². The second-order valence-electron chi connectivity index (χ2n) is 5.42. The molecule has 0 bridgehead atoms. The first-order chi connectivity index (χ1) is 9.41. The third-order valence-corrected chi connectivity index (χ3v) is 5.89. The molecule has 0 heterocycles. The minimum atomic E-state index is -3.54. The lowest BCUT2D eigenvalue weighted by Gasteiger charge is -2.26. The van der Waals surface area contributed by atoms with Crippen LogP contribution >= 0.6 is 22.6 Å². The third-order valence-electron chi connectivity index (χ3n) is 3.75. The zero-order chi connectivity index (χ0) is 14.6. The Bertz CT molecular complexity index is 534. The molecule has 1 saturated carbocycles. The van der Waals surface area contributed by atoms with Crippen molar-refractivity contribution in [2.45, 2.75) is 49.0 Å². The summed E-state index contributed by atoms with van der Waals surface area (Å²) >= 11 is 2.13. The number of sulfonamides is 1. The first-order valence-electron chi connectivity index (χ1n) is 6.89. The summed E-state index contributed by atoms with van der Waals surface area (Å²) in [5.41, 5.74) is -0.896. The van der Waals surface area contributed by atoms with Gasteiger partial charge in [-0.15, -0.1) is 0 Å². The molecule has 2 rings (SSSR count). The maximum absolute atomic E-state index is 12.2. The molecule has 0 unspecified atom stereocenters. The summed E-state index contributed by atoms with van der Waals surface area (Å²) in [6, 6.07) is 6.69. The Morgan fingerprint density at radius 1 is 1.10 bits per heavy atom. The molecule has 0 amide bonds. The molecule has 2 N–H and O–H groups in total. The van der Waals surface area contributed by atoms with Crippen molar-refractivity contribution in [3.05, 3.63) is 27.8 Å². The summed E-state index contributed by atoms with van der Waals surface area (Å²) in [6.45, 7) is 0.0985. The van der Waals surface area contributed by atoms with Gasteiger partial charge in [0.1, 0.15) is 0 Å². The number of hydrogen-bond acceptors (Lipinski definition) is 3.